The third-order valence-corrected chi connectivity index (χ3v) is 7.60. The minimum absolute atomic E-state index is 0.124. The van der Waals surface area contributed by atoms with E-state index < -0.39 is 0 Å². The van der Waals surface area contributed by atoms with E-state index in [1.807, 2.05) is 11.0 Å². The molecule has 4 nitrogen and oxygen atoms in total. The van der Waals surface area contributed by atoms with Gasteiger partial charge in [0, 0.05) is 31.5 Å². The molecule has 2 aliphatic rings. The molecule has 0 radical (unpaired) electrons. The number of nitrogens with zero attached hydrogens (tertiary/aromatic N) is 2. The summed E-state index contributed by atoms with van der Waals surface area (Å²) in [5, 5.41) is 0.752. The SMILES string of the molecule is Cc1ccc(C)c2sc(OC3CCN(C(=O)c4ccc5c(c4)CCCC5)CC3)nc12. The van der Waals surface area contributed by atoms with E-state index in [0.717, 1.165) is 55.0 Å². The first-order valence-electron chi connectivity index (χ1n) is 11.0. The average Bonchev–Trinajstić information content (AvgIpc) is 3.21. The maximum atomic E-state index is 13.0. The van der Waals surface area contributed by atoms with Gasteiger partial charge in [0.05, 0.1) is 10.2 Å². The van der Waals surface area contributed by atoms with Crippen LogP contribution in [0.5, 0.6) is 5.19 Å². The number of piperidine rings is 1. The van der Waals surface area contributed by atoms with Crippen molar-refractivity contribution in [3.8, 4) is 5.19 Å². The summed E-state index contributed by atoms with van der Waals surface area (Å²) in [7, 11) is 0. The lowest BCUT2D eigenvalue weighted by molar-refractivity contribution is 0.0595. The van der Waals surface area contributed by atoms with E-state index in [-0.39, 0.29) is 12.0 Å². The highest BCUT2D eigenvalue weighted by molar-refractivity contribution is 7.20. The van der Waals surface area contributed by atoms with Crippen molar-refractivity contribution in [1.29, 1.82) is 0 Å². The number of likely N-dealkylation sites (tertiary alicyclic amines) is 1. The van der Waals surface area contributed by atoms with Crippen LogP contribution in [0.1, 0.15) is 58.3 Å². The molecule has 0 spiro atoms. The third kappa shape index (κ3) is 3.71. The lowest BCUT2D eigenvalue weighted by Gasteiger charge is -2.32. The molecule has 3 aromatic rings. The second-order valence-electron chi connectivity index (χ2n) is 8.66. The lowest BCUT2D eigenvalue weighted by atomic mass is 9.90. The molecule has 0 unspecified atom stereocenters. The molecule has 156 valence electrons. The predicted octanol–water partition coefficient (Wildman–Crippen LogP) is 5.48. The first-order valence-corrected chi connectivity index (χ1v) is 11.8. The van der Waals surface area contributed by atoms with Crippen LogP contribution in [-0.2, 0) is 12.8 Å². The second kappa shape index (κ2) is 8.03. The average molecular weight is 421 g/mol. The predicted molar refractivity (Wildman–Crippen MR) is 122 cm³/mol. The molecule has 1 aliphatic heterocycles. The molecular formula is C25H28N2O2S. The summed E-state index contributed by atoms with van der Waals surface area (Å²) in [4.78, 5) is 19.7. The monoisotopic (exact) mass is 420 g/mol. The molecule has 2 heterocycles. The van der Waals surface area contributed by atoms with Crippen LogP contribution in [-0.4, -0.2) is 35.0 Å². The van der Waals surface area contributed by atoms with Crippen molar-refractivity contribution in [2.45, 2.75) is 58.5 Å². The molecule has 1 amide bonds. The number of ether oxygens (including phenoxy) is 1. The molecule has 5 heteroatoms. The molecule has 1 fully saturated rings. The molecular weight excluding hydrogens is 392 g/mol. The molecule has 0 bridgehead atoms. The number of benzene rings is 2. The Morgan fingerprint density at radius 1 is 1.03 bits per heavy atom. The molecule has 2 aromatic carbocycles. The summed E-state index contributed by atoms with van der Waals surface area (Å²) >= 11 is 1.63. The molecule has 1 aliphatic carbocycles. The number of carbonyl (C=O) groups excluding carboxylic acids is 1. The van der Waals surface area contributed by atoms with Gasteiger partial charge in [0.1, 0.15) is 6.10 Å². The largest absolute Gasteiger partial charge is 0.467 e. The van der Waals surface area contributed by atoms with Gasteiger partial charge in [-0.15, -0.1) is 0 Å². The Bertz CT molecular complexity index is 1060. The van der Waals surface area contributed by atoms with E-state index in [4.69, 9.17) is 9.72 Å². The molecule has 5 rings (SSSR count). The van der Waals surface area contributed by atoms with Gasteiger partial charge < -0.3 is 9.64 Å². The van der Waals surface area contributed by atoms with E-state index in [9.17, 15) is 4.79 Å². The number of hydrogen-bond donors (Lipinski definition) is 0. The fourth-order valence-electron chi connectivity index (χ4n) is 4.66. The first-order chi connectivity index (χ1) is 14.6. The summed E-state index contributed by atoms with van der Waals surface area (Å²) < 4.78 is 7.44. The highest BCUT2D eigenvalue weighted by atomic mass is 32.1. The smallest absolute Gasteiger partial charge is 0.274 e. The van der Waals surface area contributed by atoms with Gasteiger partial charge in [-0.3, -0.25) is 4.79 Å². The molecule has 30 heavy (non-hydrogen) atoms. The van der Waals surface area contributed by atoms with Crippen molar-refractivity contribution >= 4 is 27.5 Å². The minimum Gasteiger partial charge on any atom is -0.467 e. The van der Waals surface area contributed by atoms with Gasteiger partial charge in [0.25, 0.3) is 11.1 Å². The fourth-order valence-corrected chi connectivity index (χ4v) is 5.69. The highest BCUT2D eigenvalue weighted by Crippen LogP contribution is 2.34. The van der Waals surface area contributed by atoms with E-state index in [1.54, 1.807) is 11.3 Å². The minimum atomic E-state index is 0.124. The van der Waals surface area contributed by atoms with Crippen molar-refractivity contribution < 1.29 is 9.53 Å². The fraction of sp³-hybridized carbons (Fsp3) is 0.440. The summed E-state index contributed by atoms with van der Waals surface area (Å²) in [6.45, 7) is 5.69. The summed E-state index contributed by atoms with van der Waals surface area (Å²) in [6, 6.07) is 10.6. The Kier molecular flexibility index (Phi) is 5.23. The standard InChI is InChI=1S/C25H28N2O2S/c1-16-7-8-17(2)23-22(16)26-25(30-23)29-21-11-13-27(14-12-21)24(28)20-10-9-18-5-3-4-6-19(18)15-20/h7-10,15,21H,3-6,11-14H2,1-2H3. The van der Waals surface area contributed by atoms with Crippen LogP contribution in [0, 0.1) is 13.8 Å². The highest BCUT2D eigenvalue weighted by Gasteiger charge is 2.26. The maximum absolute atomic E-state index is 13.0. The number of thiazole rings is 1. The Morgan fingerprint density at radius 3 is 2.53 bits per heavy atom. The van der Waals surface area contributed by atoms with Crippen molar-refractivity contribution in [1.82, 2.24) is 9.88 Å². The van der Waals surface area contributed by atoms with Gasteiger partial charge in [-0.05, 0) is 73.9 Å². The summed E-state index contributed by atoms with van der Waals surface area (Å²) in [6.07, 6.45) is 6.58. The number of amides is 1. The first kappa shape index (κ1) is 19.6. The zero-order chi connectivity index (χ0) is 20.7. The lowest BCUT2D eigenvalue weighted by Crippen LogP contribution is -2.41. The van der Waals surface area contributed by atoms with Crippen LogP contribution in [0.2, 0.25) is 0 Å². The zero-order valence-corrected chi connectivity index (χ0v) is 18.6. The van der Waals surface area contributed by atoms with Crippen LogP contribution in [0.25, 0.3) is 10.2 Å². The molecule has 0 N–H and O–H groups in total. The maximum Gasteiger partial charge on any atom is 0.274 e. The molecule has 1 aromatic heterocycles. The Hall–Kier alpha value is -2.40. The summed E-state index contributed by atoms with van der Waals surface area (Å²) in [5.41, 5.74) is 7.11. The number of carbonyl (C=O) groups is 1. The van der Waals surface area contributed by atoms with E-state index in [0.29, 0.717) is 0 Å². The Labute approximate surface area is 181 Å². The van der Waals surface area contributed by atoms with Crippen LogP contribution in [0.15, 0.2) is 30.3 Å². The van der Waals surface area contributed by atoms with Gasteiger partial charge in [-0.2, -0.15) is 0 Å². The van der Waals surface area contributed by atoms with Crippen LogP contribution in [0.4, 0.5) is 0 Å². The van der Waals surface area contributed by atoms with Crippen LogP contribution >= 0.6 is 11.3 Å². The second-order valence-corrected chi connectivity index (χ2v) is 9.62. The van der Waals surface area contributed by atoms with E-state index in [2.05, 4.69) is 38.1 Å². The van der Waals surface area contributed by atoms with Crippen molar-refractivity contribution in [3.05, 3.63) is 58.1 Å². The molecule has 0 saturated carbocycles. The van der Waals surface area contributed by atoms with Crippen molar-refractivity contribution in [2.75, 3.05) is 13.1 Å². The van der Waals surface area contributed by atoms with Gasteiger partial charge in [-0.25, -0.2) is 4.98 Å². The number of rotatable bonds is 3. The summed E-state index contributed by atoms with van der Waals surface area (Å²) in [5.74, 6) is 0.160. The van der Waals surface area contributed by atoms with Crippen molar-refractivity contribution in [2.24, 2.45) is 0 Å². The van der Waals surface area contributed by atoms with Crippen LogP contribution in [0.3, 0.4) is 0 Å². The topological polar surface area (TPSA) is 42.4 Å². The van der Waals surface area contributed by atoms with Gasteiger partial charge in [0.2, 0.25) is 0 Å². The van der Waals surface area contributed by atoms with Gasteiger partial charge in [-0.1, -0.05) is 29.5 Å². The van der Waals surface area contributed by atoms with Crippen molar-refractivity contribution in [3.63, 3.8) is 0 Å². The van der Waals surface area contributed by atoms with Gasteiger partial charge >= 0.3 is 0 Å². The van der Waals surface area contributed by atoms with E-state index >= 15 is 0 Å². The third-order valence-electron chi connectivity index (χ3n) is 6.51. The zero-order valence-electron chi connectivity index (χ0n) is 17.7. The molecule has 0 atom stereocenters. The number of hydrogen-bond acceptors (Lipinski definition) is 4. The number of fused-ring (bicyclic) bond motifs is 2. The van der Waals surface area contributed by atoms with Gasteiger partial charge in [0.15, 0.2) is 0 Å². The number of aromatic nitrogens is 1. The molecule has 1 saturated heterocycles. The van der Waals surface area contributed by atoms with Crippen LogP contribution < -0.4 is 4.74 Å². The quantitative estimate of drug-likeness (QED) is 0.564. The number of aryl methyl sites for hydroxylation is 4. The Morgan fingerprint density at radius 2 is 1.77 bits per heavy atom. The normalized spacial score (nSPS) is 17.2. The van der Waals surface area contributed by atoms with E-state index in [1.165, 1.54) is 39.8 Å². The Balaban J connectivity index is 1.23.